The van der Waals surface area contributed by atoms with Gasteiger partial charge in [0, 0.05) is 0 Å². The molecule has 0 fully saturated rings. The van der Waals surface area contributed by atoms with Crippen LogP contribution in [0.2, 0.25) is 0 Å². The van der Waals surface area contributed by atoms with Crippen molar-refractivity contribution in [3.8, 4) is 0 Å². The summed E-state index contributed by atoms with van der Waals surface area (Å²) in [6.07, 6.45) is 0. The van der Waals surface area contributed by atoms with Crippen molar-refractivity contribution in [1.29, 1.82) is 0 Å². The number of aliphatic carboxylic acids is 1. The highest BCUT2D eigenvalue weighted by molar-refractivity contribution is 5.84. The molecule has 1 atom stereocenters. The van der Waals surface area contributed by atoms with Crippen molar-refractivity contribution in [2.24, 2.45) is 5.41 Å². The van der Waals surface area contributed by atoms with Gasteiger partial charge in [-0.25, -0.2) is 4.79 Å². The van der Waals surface area contributed by atoms with Gasteiger partial charge in [0.2, 0.25) is 5.91 Å². The van der Waals surface area contributed by atoms with E-state index in [0.717, 1.165) is 0 Å². The summed E-state index contributed by atoms with van der Waals surface area (Å²) in [4.78, 5) is 22.6. The first-order valence-corrected chi connectivity index (χ1v) is 5.59. The van der Waals surface area contributed by atoms with Crippen molar-refractivity contribution >= 4 is 11.9 Å². The zero-order chi connectivity index (χ0) is 13.9. The molecule has 0 unspecified atom stereocenters. The molecule has 0 heterocycles. The zero-order valence-electron chi connectivity index (χ0n) is 11.5. The SMILES string of the molecule is CC(C)(C)OCC(=O)N[C@@H](C(=O)O)C(C)(C)C. The van der Waals surface area contributed by atoms with E-state index in [9.17, 15) is 9.59 Å². The predicted octanol–water partition coefficient (Wildman–Crippen LogP) is 1.42. The Labute approximate surface area is 103 Å². The Morgan fingerprint density at radius 2 is 1.65 bits per heavy atom. The average Bonchev–Trinajstić information content (AvgIpc) is 2.07. The second kappa shape index (κ2) is 5.49. The van der Waals surface area contributed by atoms with Crippen molar-refractivity contribution in [1.82, 2.24) is 5.32 Å². The highest BCUT2D eigenvalue weighted by Gasteiger charge is 2.32. The minimum Gasteiger partial charge on any atom is -0.480 e. The van der Waals surface area contributed by atoms with Gasteiger partial charge in [0.25, 0.3) is 0 Å². The van der Waals surface area contributed by atoms with Gasteiger partial charge in [0.1, 0.15) is 12.6 Å². The van der Waals surface area contributed by atoms with Crippen molar-refractivity contribution in [2.45, 2.75) is 53.2 Å². The van der Waals surface area contributed by atoms with E-state index in [1.165, 1.54) is 0 Å². The molecule has 17 heavy (non-hydrogen) atoms. The lowest BCUT2D eigenvalue weighted by atomic mass is 9.87. The normalized spacial score (nSPS) is 14.2. The number of hydrogen-bond donors (Lipinski definition) is 2. The van der Waals surface area contributed by atoms with Crippen molar-refractivity contribution in [2.75, 3.05) is 6.61 Å². The fourth-order valence-electron chi connectivity index (χ4n) is 1.13. The standard InChI is InChI=1S/C12H23NO4/c1-11(2,3)9(10(15)16)13-8(14)7-17-12(4,5)6/h9H,7H2,1-6H3,(H,13,14)(H,15,16)/t9-/m0/s1. The van der Waals surface area contributed by atoms with E-state index in [-0.39, 0.29) is 6.61 Å². The van der Waals surface area contributed by atoms with Crippen LogP contribution in [0.3, 0.4) is 0 Å². The van der Waals surface area contributed by atoms with E-state index in [1.54, 1.807) is 20.8 Å². The van der Waals surface area contributed by atoms with Crippen LogP contribution in [0.25, 0.3) is 0 Å². The summed E-state index contributed by atoms with van der Waals surface area (Å²) >= 11 is 0. The monoisotopic (exact) mass is 245 g/mol. The summed E-state index contributed by atoms with van der Waals surface area (Å²) in [5.41, 5.74) is -0.957. The molecular weight excluding hydrogens is 222 g/mol. The van der Waals surface area contributed by atoms with Gasteiger partial charge in [-0.05, 0) is 26.2 Å². The largest absolute Gasteiger partial charge is 0.480 e. The highest BCUT2D eigenvalue weighted by atomic mass is 16.5. The summed E-state index contributed by atoms with van der Waals surface area (Å²) < 4.78 is 5.28. The maximum absolute atomic E-state index is 11.6. The number of carbonyl (C=O) groups excluding carboxylic acids is 1. The molecule has 0 aliphatic carbocycles. The molecule has 0 bridgehead atoms. The van der Waals surface area contributed by atoms with Gasteiger partial charge in [-0.3, -0.25) is 4.79 Å². The van der Waals surface area contributed by atoms with Gasteiger partial charge in [0.05, 0.1) is 5.60 Å². The minimum atomic E-state index is -1.04. The van der Waals surface area contributed by atoms with Gasteiger partial charge < -0.3 is 15.2 Å². The Morgan fingerprint density at radius 1 is 1.18 bits per heavy atom. The van der Waals surface area contributed by atoms with Crippen molar-refractivity contribution in [3.63, 3.8) is 0 Å². The van der Waals surface area contributed by atoms with E-state index in [4.69, 9.17) is 9.84 Å². The third-order valence-corrected chi connectivity index (χ3v) is 2.05. The number of ether oxygens (including phenoxy) is 1. The molecular formula is C12H23NO4. The van der Waals surface area contributed by atoms with Crippen LogP contribution in [0.4, 0.5) is 0 Å². The first-order valence-electron chi connectivity index (χ1n) is 5.59. The summed E-state index contributed by atoms with van der Waals surface area (Å²) in [5, 5.41) is 11.5. The molecule has 0 spiro atoms. The maximum Gasteiger partial charge on any atom is 0.326 e. The van der Waals surface area contributed by atoms with Crippen molar-refractivity contribution < 1.29 is 19.4 Å². The zero-order valence-corrected chi connectivity index (χ0v) is 11.5. The van der Waals surface area contributed by atoms with Crippen LogP contribution in [0, 0.1) is 5.41 Å². The fourth-order valence-corrected chi connectivity index (χ4v) is 1.13. The highest BCUT2D eigenvalue weighted by Crippen LogP contribution is 2.19. The van der Waals surface area contributed by atoms with E-state index in [0.29, 0.717) is 0 Å². The van der Waals surface area contributed by atoms with Crippen LogP contribution in [0.15, 0.2) is 0 Å². The van der Waals surface area contributed by atoms with Gasteiger partial charge >= 0.3 is 5.97 Å². The van der Waals surface area contributed by atoms with Crippen LogP contribution in [-0.2, 0) is 14.3 Å². The lowest BCUT2D eigenvalue weighted by molar-refractivity contribution is -0.146. The second-order valence-electron chi connectivity index (χ2n) is 6.11. The van der Waals surface area contributed by atoms with E-state index < -0.39 is 28.9 Å². The third kappa shape index (κ3) is 6.94. The number of carbonyl (C=O) groups is 2. The molecule has 0 aliphatic heterocycles. The molecule has 0 aromatic heterocycles. The molecule has 0 saturated carbocycles. The molecule has 2 N–H and O–H groups in total. The number of rotatable bonds is 4. The molecule has 0 radical (unpaired) electrons. The molecule has 0 rings (SSSR count). The summed E-state index contributed by atoms with van der Waals surface area (Å²) in [6.45, 7) is 10.6. The molecule has 5 nitrogen and oxygen atoms in total. The number of amides is 1. The van der Waals surface area contributed by atoms with Gasteiger partial charge in [-0.15, -0.1) is 0 Å². The Kier molecular flexibility index (Phi) is 5.13. The van der Waals surface area contributed by atoms with E-state index in [2.05, 4.69) is 5.32 Å². The number of hydrogen-bond acceptors (Lipinski definition) is 3. The van der Waals surface area contributed by atoms with Crippen molar-refractivity contribution in [3.05, 3.63) is 0 Å². The Bertz CT molecular complexity index is 286. The molecule has 100 valence electrons. The van der Waals surface area contributed by atoms with Crippen LogP contribution in [-0.4, -0.2) is 35.2 Å². The van der Waals surface area contributed by atoms with Gasteiger partial charge in [-0.2, -0.15) is 0 Å². The summed E-state index contributed by atoms with van der Waals surface area (Å²) in [7, 11) is 0. The lowest BCUT2D eigenvalue weighted by Gasteiger charge is -2.28. The summed E-state index contributed by atoms with van der Waals surface area (Å²) in [5.74, 6) is -1.45. The molecule has 0 aromatic rings. The van der Waals surface area contributed by atoms with Crippen LogP contribution >= 0.6 is 0 Å². The third-order valence-electron chi connectivity index (χ3n) is 2.05. The van der Waals surface area contributed by atoms with Crippen LogP contribution < -0.4 is 5.32 Å². The minimum absolute atomic E-state index is 0.136. The first-order chi connectivity index (χ1) is 7.43. The number of nitrogens with one attached hydrogen (secondary N) is 1. The van der Waals surface area contributed by atoms with E-state index >= 15 is 0 Å². The quantitative estimate of drug-likeness (QED) is 0.785. The second-order valence-corrected chi connectivity index (χ2v) is 6.11. The molecule has 0 aromatic carbocycles. The molecule has 5 heteroatoms. The predicted molar refractivity (Wildman–Crippen MR) is 64.7 cm³/mol. The molecule has 1 amide bonds. The molecule has 0 aliphatic rings. The van der Waals surface area contributed by atoms with Crippen LogP contribution in [0.1, 0.15) is 41.5 Å². The van der Waals surface area contributed by atoms with Crippen LogP contribution in [0.5, 0.6) is 0 Å². The van der Waals surface area contributed by atoms with Gasteiger partial charge in [-0.1, -0.05) is 20.8 Å². The van der Waals surface area contributed by atoms with Gasteiger partial charge in [0.15, 0.2) is 0 Å². The lowest BCUT2D eigenvalue weighted by Crippen LogP contribution is -2.50. The Hall–Kier alpha value is -1.10. The molecule has 0 saturated heterocycles. The smallest absolute Gasteiger partial charge is 0.326 e. The van der Waals surface area contributed by atoms with E-state index in [1.807, 2.05) is 20.8 Å². The average molecular weight is 245 g/mol. The Balaban J connectivity index is 4.39. The number of carboxylic acid groups (broad SMARTS) is 1. The Morgan fingerprint density at radius 3 is 1.94 bits per heavy atom. The maximum atomic E-state index is 11.6. The fraction of sp³-hybridized carbons (Fsp3) is 0.833. The topological polar surface area (TPSA) is 75.6 Å². The number of carboxylic acids is 1. The first kappa shape index (κ1) is 15.9. The summed E-state index contributed by atoms with van der Waals surface area (Å²) in [6, 6.07) is -0.918.